The van der Waals surface area contributed by atoms with E-state index in [9.17, 15) is 42.8 Å². The monoisotopic (exact) mass is 803 g/mol. The average molecular weight is 804 g/mol. The number of aromatic amines is 1. The van der Waals surface area contributed by atoms with Crippen LogP contribution in [0.15, 0.2) is 52.2 Å². The van der Waals surface area contributed by atoms with Crippen molar-refractivity contribution in [2.75, 3.05) is 6.61 Å². The summed E-state index contributed by atoms with van der Waals surface area (Å²) < 4.78 is 66.2. The summed E-state index contributed by atoms with van der Waals surface area (Å²) in [6, 6.07) is 5.71. The van der Waals surface area contributed by atoms with Gasteiger partial charge in [0.05, 0.1) is 13.2 Å². The minimum absolute atomic E-state index is 0. The van der Waals surface area contributed by atoms with Gasteiger partial charge in [0.15, 0.2) is 6.23 Å². The van der Waals surface area contributed by atoms with Gasteiger partial charge in [-0.15, -0.1) is 0 Å². The number of nitrogens with zero attached hydrogens (tertiary/aromatic N) is 1. The van der Waals surface area contributed by atoms with Crippen molar-refractivity contribution < 1.29 is 60.3 Å². The normalized spacial score (nSPS) is 18.5. The Kier molecular flexibility index (Phi) is 22.0. The third-order valence-electron chi connectivity index (χ3n) is 7.07. The van der Waals surface area contributed by atoms with E-state index >= 15 is 0 Å². The Morgan fingerprint density at radius 2 is 1.38 bits per heavy atom. The van der Waals surface area contributed by atoms with Crippen molar-refractivity contribution in [2.24, 2.45) is 0 Å². The molecule has 20 nitrogen and oxygen atoms in total. The molecule has 2 heterocycles. The molecule has 1 aromatic heterocycles. The van der Waals surface area contributed by atoms with Gasteiger partial charge in [0.25, 0.3) is 5.56 Å². The molecule has 23 heteroatoms. The zero-order chi connectivity index (χ0) is 36.1. The van der Waals surface area contributed by atoms with Gasteiger partial charge in [-0.25, -0.2) is 18.5 Å². The van der Waals surface area contributed by atoms with Crippen LogP contribution in [0.5, 0.6) is 5.75 Å². The number of unbranched alkanes of at least 4 members (excludes halogenated alkanes) is 8. The maximum atomic E-state index is 12.3. The molecule has 3 rings (SSSR count). The number of carbonyl (C=O) groups excluding carboxylic acids is 1. The second-order valence-corrected chi connectivity index (χ2v) is 15.9. The number of phosphoric ester groups is 2. The fraction of sp³-hybridized carbons (Fsp3) is 0.552. The summed E-state index contributed by atoms with van der Waals surface area (Å²) in [6.07, 6.45) is 12.3. The van der Waals surface area contributed by atoms with E-state index in [1.54, 1.807) is 0 Å². The summed E-state index contributed by atoms with van der Waals surface area (Å²) >= 11 is 0. The second-order valence-electron chi connectivity index (χ2n) is 11.3. The van der Waals surface area contributed by atoms with E-state index in [-0.39, 0.29) is 36.2 Å². The molecule has 0 saturated heterocycles. The molecule has 0 radical (unpaired) electrons. The zero-order valence-electron chi connectivity index (χ0n) is 29.3. The number of carbonyl (C=O) groups is 1. The minimum Gasteiger partial charge on any atom is -0.427 e. The van der Waals surface area contributed by atoms with Gasteiger partial charge in [-0.1, -0.05) is 76.5 Å². The largest absolute Gasteiger partial charge is 0.490 e. The van der Waals surface area contributed by atoms with E-state index in [0.29, 0.717) is 5.56 Å². The van der Waals surface area contributed by atoms with Crippen LogP contribution in [-0.2, 0) is 47.5 Å². The van der Waals surface area contributed by atoms with Crippen molar-refractivity contribution in [3.05, 3.63) is 74.6 Å². The first-order chi connectivity index (χ1) is 23.1. The summed E-state index contributed by atoms with van der Waals surface area (Å²) in [6.45, 7) is 2.34. The molecular formula is C29H52N5O15P3. The molecular weight excluding hydrogens is 751 g/mol. The number of rotatable bonds is 22. The molecule has 1 aromatic carbocycles. The van der Waals surface area contributed by atoms with Gasteiger partial charge >= 0.3 is 35.1 Å². The topological polar surface area (TPSA) is 344 Å². The first-order valence-corrected chi connectivity index (χ1v) is 20.2. The Bertz CT molecular complexity index is 1690. The number of hydrogen-bond donors (Lipinski definition) is 7. The van der Waals surface area contributed by atoms with Crippen molar-refractivity contribution in [1.82, 2.24) is 28.0 Å². The fourth-order valence-electron chi connectivity index (χ4n) is 4.58. The summed E-state index contributed by atoms with van der Waals surface area (Å²) in [4.78, 5) is 67.5. The highest BCUT2D eigenvalue weighted by molar-refractivity contribution is 7.66. The summed E-state index contributed by atoms with van der Waals surface area (Å²) in [7, 11) is -16.4. The molecule has 298 valence electrons. The van der Waals surface area contributed by atoms with Gasteiger partial charge in [-0.05, 0) is 37.1 Å². The summed E-state index contributed by atoms with van der Waals surface area (Å²) in [5.74, 6) is -0.146. The number of ether oxygens (including phenoxy) is 2. The van der Waals surface area contributed by atoms with Crippen molar-refractivity contribution in [3.8, 4) is 5.75 Å². The Hall–Kier alpha value is -2.64. The lowest BCUT2D eigenvalue weighted by Crippen LogP contribution is -2.33. The van der Waals surface area contributed by atoms with Gasteiger partial charge in [-0.2, -0.15) is 8.62 Å². The third-order valence-corrected chi connectivity index (χ3v) is 11.3. The van der Waals surface area contributed by atoms with Crippen LogP contribution >= 0.6 is 23.5 Å². The molecule has 0 fully saturated rings. The summed E-state index contributed by atoms with van der Waals surface area (Å²) in [5.41, 5.74) is -0.829. The molecule has 1 aliphatic rings. The number of aromatic nitrogens is 2. The predicted molar refractivity (Wildman–Crippen MR) is 190 cm³/mol. The van der Waals surface area contributed by atoms with Crippen LogP contribution in [0.1, 0.15) is 88.5 Å². The SMILES string of the molecule is CCCCCCCCCCCC(=O)Oc1ccc(COP(=O)(O)OP(=O)(O)OP(=O)(O)OC[C@@H]2C=C[C@H](n3cc(C)c(=O)[nH]c3=O)O2)cc1.N.N.N. The van der Waals surface area contributed by atoms with Crippen molar-refractivity contribution in [1.29, 1.82) is 0 Å². The number of H-pyrrole nitrogens is 1. The van der Waals surface area contributed by atoms with Gasteiger partial charge in [-0.3, -0.25) is 28.2 Å². The third kappa shape index (κ3) is 17.9. The van der Waals surface area contributed by atoms with Gasteiger partial charge < -0.3 is 42.6 Å². The number of aryl methyl sites for hydroxylation is 1. The van der Waals surface area contributed by atoms with E-state index in [1.165, 1.54) is 81.6 Å². The predicted octanol–water partition coefficient (Wildman–Crippen LogP) is 6.18. The maximum Gasteiger partial charge on any atom is 0.490 e. The number of nitrogens with one attached hydrogen (secondary N) is 1. The van der Waals surface area contributed by atoms with Crippen molar-refractivity contribution in [3.63, 3.8) is 0 Å². The van der Waals surface area contributed by atoms with E-state index in [4.69, 9.17) is 14.0 Å². The first kappa shape index (κ1) is 49.4. The van der Waals surface area contributed by atoms with Crippen molar-refractivity contribution in [2.45, 2.75) is 97.0 Å². The van der Waals surface area contributed by atoms with E-state index < -0.39 is 66.2 Å². The number of phosphoric acid groups is 3. The highest BCUT2D eigenvalue weighted by Crippen LogP contribution is 2.67. The quantitative estimate of drug-likeness (QED) is 0.0230. The fourth-order valence-corrected chi connectivity index (χ4v) is 8.08. The van der Waals surface area contributed by atoms with Crippen molar-refractivity contribution >= 4 is 29.4 Å². The van der Waals surface area contributed by atoms with Crippen LogP contribution in [0, 0.1) is 6.92 Å². The lowest BCUT2D eigenvalue weighted by Gasteiger charge is -2.20. The van der Waals surface area contributed by atoms with E-state index in [2.05, 4.69) is 25.1 Å². The second kappa shape index (κ2) is 23.2. The Labute approximate surface area is 301 Å². The van der Waals surface area contributed by atoms with Crippen LogP contribution in [0.2, 0.25) is 0 Å². The van der Waals surface area contributed by atoms with Crippen LogP contribution in [0.25, 0.3) is 0 Å². The minimum atomic E-state index is -5.71. The first-order valence-electron chi connectivity index (χ1n) is 15.7. The average Bonchev–Trinajstić information content (AvgIpc) is 3.48. The molecule has 0 saturated carbocycles. The maximum absolute atomic E-state index is 12.3. The van der Waals surface area contributed by atoms with Gasteiger partial charge in [0.1, 0.15) is 11.9 Å². The molecule has 3 unspecified atom stereocenters. The molecule has 0 aliphatic carbocycles. The van der Waals surface area contributed by atoms with Gasteiger partial charge in [0.2, 0.25) is 0 Å². The zero-order valence-corrected chi connectivity index (χ0v) is 32.0. The highest BCUT2D eigenvalue weighted by Gasteiger charge is 2.42. The van der Waals surface area contributed by atoms with Crippen LogP contribution < -0.4 is 34.4 Å². The smallest absolute Gasteiger partial charge is 0.427 e. The molecule has 1 aliphatic heterocycles. The van der Waals surface area contributed by atoms with Crippen LogP contribution in [0.3, 0.4) is 0 Å². The number of hydrogen-bond acceptors (Lipinski definition) is 15. The highest BCUT2D eigenvalue weighted by atomic mass is 31.3. The van der Waals surface area contributed by atoms with Crippen LogP contribution in [0.4, 0.5) is 0 Å². The molecule has 13 N–H and O–H groups in total. The molecule has 0 bridgehead atoms. The standard InChI is InChI=1S/C29H43N2O15P3.3H3N/c1-3-4-5-6-7-8-9-10-11-12-27(32)44-24-15-13-23(14-16-24)20-41-47(35,36)45-49(39,40)46-48(37,38)42-21-25-17-18-26(43-25)31-19-22(2)28(33)30-29(31)34;;;/h13-19,25-26H,3-12,20-21H2,1-2H3,(H,35,36)(H,37,38)(H,39,40)(H,30,33,34);3*1H3/t25-,26+;;;/m0.../s1. The molecule has 0 spiro atoms. The Balaban J connectivity index is 0.00000867. The summed E-state index contributed by atoms with van der Waals surface area (Å²) in [5, 5.41) is 0. The molecule has 0 amide bonds. The molecule has 5 atom stereocenters. The van der Waals surface area contributed by atoms with Crippen LogP contribution in [-0.4, -0.2) is 42.9 Å². The lowest BCUT2D eigenvalue weighted by molar-refractivity contribution is -0.134. The Morgan fingerprint density at radius 3 is 1.98 bits per heavy atom. The number of benzene rings is 1. The van der Waals surface area contributed by atoms with E-state index in [1.807, 2.05) is 0 Å². The number of esters is 1. The molecule has 2 aromatic rings. The van der Waals surface area contributed by atoms with E-state index in [0.717, 1.165) is 30.3 Å². The van der Waals surface area contributed by atoms with Gasteiger partial charge in [0, 0.05) is 18.2 Å². The molecule has 52 heavy (non-hydrogen) atoms. The lowest BCUT2D eigenvalue weighted by atomic mass is 10.1. The Morgan fingerprint density at radius 1 is 0.827 bits per heavy atom.